The van der Waals surface area contributed by atoms with Crippen LogP contribution in [0.1, 0.15) is 25.5 Å². The van der Waals surface area contributed by atoms with Gasteiger partial charge in [-0.05, 0) is 32.0 Å². The second-order valence-corrected chi connectivity index (χ2v) is 8.99. The van der Waals surface area contributed by atoms with Gasteiger partial charge in [0.2, 0.25) is 0 Å². The number of esters is 1. The number of rotatable bonds is 7. The zero-order chi connectivity index (χ0) is 24.4. The third-order valence-electron chi connectivity index (χ3n) is 6.26. The summed E-state index contributed by atoms with van der Waals surface area (Å²) in [6.07, 6.45) is 3.51. The highest BCUT2D eigenvalue weighted by Gasteiger charge is 2.25. The van der Waals surface area contributed by atoms with Crippen LogP contribution in [-0.4, -0.2) is 69.8 Å². The van der Waals surface area contributed by atoms with Crippen LogP contribution < -0.4 is 10.2 Å². The van der Waals surface area contributed by atoms with E-state index >= 15 is 0 Å². The summed E-state index contributed by atoms with van der Waals surface area (Å²) in [5.41, 5.74) is 2.63. The summed E-state index contributed by atoms with van der Waals surface area (Å²) in [7, 11) is 0. The minimum absolute atomic E-state index is 0.0618. The van der Waals surface area contributed by atoms with Gasteiger partial charge in [0, 0.05) is 49.4 Å². The maximum absolute atomic E-state index is 11.9. The van der Waals surface area contributed by atoms with Crippen molar-refractivity contribution in [3.8, 4) is 0 Å². The first-order chi connectivity index (χ1) is 17.0. The van der Waals surface area contributed by atoms with Crippen LogP contribution in [0.4, 0.5) is 11.6 Å². The molecule has 1 N–H and O–H groups in total. The lowest BCUT2D eigenvalue weighted by Crippen LogP contribution is -2.48. The molecule has 35 heavy (non-hydrogen) atoms. The molecule has 1 aromatic carbocycles. The van der Waals surface area contributed by atoms with Crippen LogP contribution in [0, 0.1) is 0 Å². The Labute approximate surface area is 208 Å². The van der Waals surface area contributed by atoms with Crippen LogP contribution in [0.2, 0.25) is 5.02 Å². The average Bonchev–Trinajstić information content (AvgIpc) is 3.34. The maximum Gasteiger partial charge on any atom is 0.320 e. The van der Waals surface area contributed by atoms with E-state index in [4.69, 9.17) is 21.3 Å². The Bertz CT molecular complexity index is 1350. The van der Waals surface area contributed by atoms with Crippen molar-refractivity contribution in [3.05, 3.63) is 59.4 Å². The SMILES string of the molecule is CCOC(=O)CN1CCN(c2nc3c(Cl)cccc3cc2[C@H](C)Nc2ccnc3ccnn23)CC1. The number of carbonyl (C=O) groups is 1. The van der Waals surface area contributed by atoms with E-state index < -0.39 is 0 Å². The first-order valence-corrected chi connectivity index (χ1v) is 12.2. The van der Waals surface area contributed by atoms with Crippen molar-refractivity contribution in [3.63, 3.8) is 0 Å². The third-order valence-corrected chi connectivity index (χ3v) is 6.56. The van der Waals surface area contributed by atoms with Gasteiger partial charge in [-0.2, -0.15) is 9.61 Å². The number of nitrogens with one attached hydrogen (secondary N) is 1. The zero-order valence-corrected chi connectivity index (χ0v) is 20.6. The number of aromatic nitrogens is 4. The molecule has 0 saturated carbocycles. The Morgan fingerprint density at radius 1 is 1.17 bits per heavy atom. The lowest BCUT2D eigenvalue weighted by Gasteiger charge is -2.36. The summed E-state index contributed by atoms with van der Waals surface area (Å²) in [5, 5.41) is 9.59. The highest BCUT2D eigenvalue weighted by Crippen LogP contribution is 2.33. The largest absolute Gasteiger partial charge is 0.465 e. The normalized spacial score (nSPS) is 15.5. The number of hydrogen-bond donors (Lipinski definition) is 1. The van der Waals surface area contributed by atoms with Crippen LogP contribution in [0.15, 0.2) is 48.8 Å². The van der Waals surface area contributed by atoms with Gasteiger partial charge in [0.15, 0.2) is 5.65 Å². The Morgan fingerprint density at radius 3 is 2.80 bits per heavy atom. The first-order valence-electron chi connectivity index (χ1n) is 11.8. The smallest absolute Gasteiger partial charge is 0.320 e. The van der Waals surface area contributed by atoms with Gasteiger partial charge >= 0.3 is 5.97 Å². The quantitative estimate of drug-likeness (QED) is 0.389. The molecule has 3 aromatic heterocycles. The van der Waals surface area contributed by atoms with Gasteiger partial charge in [0.05, 0.1) is 35.9 Å². The highest BCUT2D eigenvalue weighted by molar-refractivity contribution is 6.35. The van der Waals surface area contributed by atoms with Crippen molar-refractivity contribution >= 4 is 45.8 Å². The Balaban J connectivity index is 1.44. The highest BCUT2D eigenvalue weighted by atomic mass is 35.5. The molecule has 1 saturated heterocycles. The number of anilines is 2. The fraction of sp³-hybridized carbons (Fsp3) is 0.360. The van der Waals surface area contributed by atoms with Crippen LogP contribution in [-0.2, 0) is 9.53 Å². The Kier molecular flexibility index (Phi) is 6.70. The average molecular weight is 494 g/mol. The predicted octanol–water partition coefficient (Wildman–Crippen LogP) is 3.79. The number of piperazine rings is 1. The van der Waals surface area contributed by atoms with E-state index in [0.29, 0.717) is 18.2 Å². The van der Waals surface area contributed by atoms with Gasteiger partial charge in [0.25, 0.3) is 0 Å². The lowest BCUT2D eigenvalue weighted by atomic mass is 10.0. The van der Waals surface area contributed by atoms with E-state index in [1.54, 1.807) is 16.9 Å². The molecule has 0 amide bonds. The topological polar surface area (TPSA) is 87.9 Å². The van der Waals surface area contributed by atoms with E-state index in [-0.39, 0.29) is 12.0 Å². The third kappa shape index (κ3) is 4.87. The van der Waals surface area contributed by atoms with Crippen molar-refractivity contribution in [1.29, 1.82) is 0 Å². The molecule has 1 aliphatic heterocycles. The van der Waals surface area contributed by atoms with Crippen LogP contribution in [0.5, 0.6) is 0 Å². The number of halogens is 1. The van der Waals surface area contributed by atoms with E-state index in [1.165, 1.54) is 0 Å². The number of carbonyl (C=O) groups excluding carboxylic acids is 1. The molecule has 0 radical (unpaired) electrons. The summed E-state index contributed by atoms with van der Waals surface area (Å²) in [6.45, 7) is 7.65. The molecule has 1 fully saturated rings. The molecule has 10 heteroatoms. The molecule has 182 valence electrons. The molecule has 1 atom stereocenters. The van der Waals surface area contributed by atoms with E-state index in [0.717, 1.165) is 59.9 Å². The molecule has 0 unspecified atom stereocenters. The summed E-state index contributed by atoms with van der Waals surface area (Å²) in [6, 6.07) is 11.7. The van der Waals surface area contributed by atoms with Gasteiger partial charge < -0.3 is 15.0 Å². The number of benzene rings is 1. The van der Waals surface area contributed by atoms with Crippen LogP contribution in [0.3, 0.4) is 0 Å². The van der Waals surface area contributed by atoms with Gasteiger partial charge in [-0.3, -0.25) is 9.69 Å². The standard InChI is InChI=1S/C25H28ClN7O2/c1-3-35-23(34)16-31-11-13-32(14-12-31)25-19(15-18-5-4-6-20(26)24(18)30-25)17(2)29-22-7-9-27-21-8-10-28-33(21)22/h4-10,15,17,29H,3,11-14,16H2,1-2H3/t17-/m0/s1. The molecule has 4 heterocycles. The first kappa shape index (κ1) is 23.3. The van der Waals surface area contributed by atoms with Crippen molar-refractivity contribution in [2.75, 3.05) is 49.5 Å². The zero-order valence-electron chi connectivity index (χ0n) is 19.8. The minimum Gasteiger partial charge on any atom is -0.465 e. The predicted molar refractivity (Wildman–Crippen MR) is 137 cm³/mol. The molecule has 0 bridgehead atoms. The molecule has 5 rings (SSSR count). The van der Waals surface area contributed by atoms with Crippen LogP contribution in [0.25, 0.3) is 16.6 Å². The number of nitrogens with zero attached hydrogens (tertiary/aromatic N) is 6. The van der Waals surface area contributed by atoms with Gasteiger partial charge in [-0.1, -0.05) is 23.7 Å². The maximum atomic E-state index is 11.9. The number of ether oxygens (including phenoxy) is 1. The second-order valence-electron chi connectivity index (χ2n) is 8.58. The van der Waals surface area contributed by atoms with E-state index in [9.17, 15) is 4.79 Å². The lowest BCUT2D eigenvalue weighted by molar-refractivity contribution is -0.144. The Morgan fingerprint density at radius 2 is 2.00 bits per heavy atom. The minimum atomic E-state index is -0.183. The van der Waals surface area contributed by atoms with Crippen LogP contribution >= 0.6 is 11.6 Å². The fourth-order valence-corrected chi connectivity index (χ4v) is 4.72. The number of pyridine rings is 1. The van der Waals surface area contributed by atoms with Gasteiger partial charge in [0.1, 0.15) is 11.6 Å². The Hall–Kier alpha value is -3.43. The summed E-state index contributed by atoms with van der Waals surface area (Å²) in [5.74, 6) is 1.56. The molecule has 0 aliphatic carbocycles. The van der Waals surface area contributed by atoms with Crippen molar-refractivity contribution in [2.24, 2.45) is 0 Å². The molecule has 9 nitrogen and oxygen atoms in total. The number of fused-ring (bicyclic) bond motifs is 2. The monoisotopic (exact) mass is 493 g/mol. The number of para-hydroxylation sites is 1. The fourth-order valence-electron chi connectivity index (χ4n) is 4.49. The molecule has 0 spiro atoms. The van der Waals surface area contributed by atoms with Gasteiger partial charge in [-0.15, -0.1) is 0 Å². The van der Waals surface area contributed by atoms with E-state index in [1.807, 2.05) is 37.3 Å². The summed E-state index contributed by atoms with van der Waals surface area (Å²) < 4.78 is 6.90. The van der Waals surface area contributed by atoms with Crippen molar-refractivity contribution < 1.29 is 9.53 Å². The second kappa shape index (κ2) is 10.1. The molecule has 1 aliphatic rings. The molecular formula is C25H28ClN7O2. The summed E-state index contributed by atoms with van der Waals surface area (Å²) in [4.78, 5) is 25.7. The molecule has 4 aromatic rings. The van der Waals surface area contributed by atoms with E-state index in [2.05, 4.69) is 38.2 Å². The summed E-state index contributed by atoms with van der Waals surface area (Å²) >= 11 is 6.52. The molecular weight excluding hydrogens is 466 g/mol. The van der Waals surface area contributed by atoms with Crippen molar-refractivity contribution in [1.82, 2.24) is 24.5 Å². The van der Waals surface area contributed by atoms with Gasteiger partial charge in [-0.25, -0.2) is 9.97 Å². The van der Waals surface area contributed by atoms with Crippen molar-refractivity contribution in [2.45, 2.75) is 19.9 Å². The number of hydrogen-bond acceptors (Lipinski definition) is 8.